The van der Waals surface area contributed by atoms with E-state index in [0.29, 0.717) is 6.61 Å². The van der Waals surface area contributed by atoms with Gasteiger partial charge in [0, 0.05) is 6.61 Å². The molecule has 0 bridgehead atoms. The zero-order valence-corrected chi connectivity index (χ0v) is 10.4. The second kappa shape index (κ2) is 7.24. The highest BCUT2D eigenvalue weighted by Gasteiger charge is 1.93. The maximum absolute atomic E-state index is 8.72. The van der Waals surface area contributed by atoms with Crippen molar-refractivity contribution in [2.45, 2.75) is 39.5 Å². The lowest BCUT2D eigenvalue weighted by molar-refractivity contribution is 0.288. The molecule has 88 valence electrons. The van der Waals surface area contributed by atoms with Crippen molar-refractivity contribution in [1.82, 2.24) is 0 Å². The van der Waals surface area contributed by atoms with Gasteiger partial charge in [0.2, 0.25) is 0 Å². The highest BCUT2D eigenvalue weighted by Crippen LogP contribution is 2.09. The Morgan fingerprint density at radius 1 is 1.25 bits per heavy atom. The average Bonchev–Trinajstić information content (AvgIpc) is 2.29. The zero-order valence-electron chi connectivity index (χ0n) is 10.4. The number of hydrogen-bond donors (Lipinski definition) is 1. The molecule has 0 radical (unpaired) electrons. The molecule has 0 saturated carbocycles. The fraction of sp³-hybridized carbons (Fsp3) is 0.467. The first kappa shape index (κ1) is 13.0. The van der Waals surface area contributed by atoms with Crippen LogP contribution in [0.5, 0.6) is 0 Å². The number of rotatable bonds is 6. The standard InChI is InChI=1S/C15H22O/c1-13(6-4-12-16)5-3-7-15-10-8-14(2)9-11-15/h5,8-11,16H,3-4,6-7,12H2,1-2H3. The summed E-state index contributed by atoms with van der Waals surface area (Å²) < 4.78 is 0. The molecule has 0 atom stereocenters. The second-order valence-corrected chi connectivity index (χ2v) is 4.40. The number of benzene rings is 1. The lowest BCUT2D eigenvalue weighted by atomic mass is 10.1. The Bertz CT molecular complexity index is 322. The second-order valence-electron chi connectivity index (χ2n) is 4.40. The van der Waals surface area contributed by atoms with Gasteiger partial charge in [0.05, 0.1) is 0 Å². The van der Waals surface area contributed by atoms with Crippen LogP contribution in [0, 0.1) is 6.92 Å². The maximum atomic E-state index is 8.72. The molecular weight excluding hydrogens is 196 g/mol. The summed E-state index contributed by atoms with van der Waals surface area (Å²) in [6, 6.07) is 8.73. The van der Waals surface area contributed by atoms with Crippen LogP contribution in [0.4, 0.5) is 0 Å². The summed E-state index contributed by atoms with van der Waals surface area (Å²) in [5.41, 5.74) is 4.11. The van der Waals surface area contributed by atoms with Gasteiger partial charge in [-0.05, 0) is 45.1 Å². The van der Waals surface area contributed by atoms with E-state index in [4.69, 9.17) is 5.11 Å². The molecule has 0 heterocycles. The summed E-state index contributed by atoms with van der Waals surface area (Å²) in [6.07, 6.45) is 6.39. The van der Waals surface area contributed by atoms with Crippen molar-refractivity contribution in [1.29, 1.82) is 0 Å². The first-order chi connectivity index (χ1) is 7.72. The molecule has 0 amide bonds. The van der Waals surface area contributed by atoms with Crippen LogP contribution in [-0.2, 0) is 6.42 Å². The summed E-state index contributed by atoms with van der Waals surface area (Å²) in [7, 11) is 0. The third-order valence-electron chi connectivity index (χ3n) is 2.78. The molecule has 1 N–H and O–H groups in total. The van der Waals surface area contributed by atoms with Crippen LogP contribution < -0.4 is 0 Å². The van der Waals surface area contributed by atoms with Gasteiger partial charge in [0.15, 0.2) is 0 Å². The fourth-order valence-electron chi connectivity index (χ4n) is 1.70. The van der Waals surface area contributed by atoms with Crippen LogP contribution in [0.1, 0.15) is 37.3 Å². The van der Waals surface area contributed by atoms with Gasteiger partial charge < -0.3 is 5.11 Å². The molecule has 16 heavy (non-hydrogen) atoms. The predicted molar refractivity (Wildman–Crippen MR) is 69.6 cm³/mol. The van der Waals surface area contributed by atoms with Crippen LogP contribution in [-0.4, -0.2) is 11.7 Å². The lowest BCUT2D eigenvalue weighted by Gasteiger charge is -2.01. The van der Waals surface area contributed by atoms with Gasteiger partial charge in [-0.25, -0.2) is 0 Å². The number of aliphatic hydroxyl groups is 1. The third-order valence-corrected chi connectivity index (χ3v) is 2.78. The van der Waals surface area contributed by atoms with Crippen molar-refractivity contribution in [3.8, 4) is 0 Å². The Morgan fingerprint density at radius 2 is 1.94 bits per heavy atom. The summed E-state index contributed by atoms with van der Waals surface area (Å²) in [6.45, 7) is 4.55. The van der Waals surface area contributed by atoms with Crippen molar-refractivity contribution in [3.63, 3.8) is 0 Å². The Kier molecular flexibility index (Phi) is 5.87. The monoisotopic (exact) mass is 218 g/mol. The van der Waals surface area contributed by atoms with E-state index in [9.17, 15) is 0 Å². The first-order valence-electron chi connectivity index (χ1n) is 6.04. The van der Waals surface area contributed by atoms with Crippen LogP contribution in [0.2, 0.25) is 0 Å². The van der Waals surface area contributed by atoms with Crippen molar-refractivity contribution >= 4 is 0 Å². The van der Waals surface area contributed by atoms with E-state index in [-0.39, 0.29) is 0 Å². The van der Waals surface area contributed by atoms with E-state index < -0.39 is 0 Å². The maximum Gasteiger partial charge on any atom is 0.0434 e. The number of allylic oxidation sites excluding steroid dienone is 2. The highest BCUT2D eigenvalue weighted by atomic mass is 16.2. The minimum absolute atomic E-state index is 0.295. The quantitative estimate of drug-likeness (QED) is 0.723. The minimum atomic E-state index is 0.295. The van der Waals surface area contributed by atoms with E-state index in [0.717, 1.165) is 25.7 Å². The van der Waals surface area contributed by atoms with E-state index >= 15 is 0 Å². The van der Waals surface area contributed by atoms with Crippen molar-refractivity contribution in [2.24, 2.45) is 0 Å². The molecule has 0 aliphatic rings. The van der Waals surface area contributed by atoms with Gasteiger partial charge >= 0.3 is 0 Å². The molecule has 0 saturated heterocycles. The lowest BCUT2D eigenvalue weighted by Crippen LogP contribution is -1.87. The largest absolute Gasteiger partial charge is 0.396 e. The molecular formula is C15H22O. The smallest absolute Gasteiger partial charge is 0.0434 e. The van der Waals surface area contributed by atoms with Gasteiger partial charge in [-0.2, -0.15) is 0 Å². The average molecular weight is 218 g/mol. The van der Waals surface area contributed by atoms with Crippen LogP contribution in [0.25, 0.3) is 0 Å². The molecule has 1 aromatic carbocycles. The van der Waals surface area contributed by atoms with Crippen LogP contribution in [0.3, 0.4) is 0 Å². The molecule has 0 spiro atoms. The fourth-order valence-corrected chi connectivity index (χ4v) is 1.70. The van der Waals surface area contributed by atoms with E-state index in [1.165, 1.54) is 16.7 Å². The SMILES string of the molecule is CC(=CCCc1ccc(C)cc1)CCCO. The Morgan fingerprint density at radius 3 is 2.56 bits per heavy atom. The molecule has 0 unspecified atom stereocenters. The molecule has 1 heteroatoms. The van der Waals surface area contributed by atoms with Crippen LogP contribution >= 0.6 is 0 Å². The van der Waals surface area contributed by atoms with E-state index in [1.807, 2.05) is 0 Å². The van der Waals surface area contributed by atoms with Gasteiger partial charge in [-0.1, -0.05) is 41.5 Å². The summed E-state index contributed by atoms with van der Waals surface area (Å²) in [4.78, 5) is 0. The van der Waals surface area contributed by atoms with Gasteiger partial charge in [-0.15, -0.1) is 0 Å². The molecule has 1 nitrogen and oxygen atoms in total. The topological polar surface area (TPSA) is 20.2 Å². The van der Waals surface area contributed by atoms with Gasteiger partial charge in [-0.3, -0.25) is 0 Å². The third kappa shape index (κ3) is 5.13. The molecule has 0 fully saturated rings. The number of aryl methyl sites for hydroxylation is 2. The molecule has 1 aromatic rings. The first-order valence-corrected chi connectivity index (χ1v) is 6.04. The van der Waals surface area contributed by atoms with Crippen molar-refractivity contribution in [3.05, 3.63) is 47.0 Å². The summed E-state index contributed by atoms with van der Waals surface area (Å²) >= 11 is 0. The molecule has 0 aliphatic carbocycles. The highest BCUT2D eigenvalue weighted by molar-refractivity contribution is 5.21. The Hall–Kier alpha value is -1.08. The molecule has 1 rings (SSSR count). The zero-order chi connectivity index (χ0) is 11.8. The molecule has 0 aromatic heterocycles. The number of aliphatic hydroxyl groups excluding tert-OH is 1. The van der Waals surface area contributed by atoms with Crippen molar-refractivity contribution < 1.29 is 5.11 Å². The van der Waals surface area contributed by atoms with E-state index in [2.05, 4.69) is 44.2 Å². The summed E-state index contributed by atoms with van der Waals surface area (Å²) in [5, 5.41) is 8.72. The van der Waals surface area contributed by atoms with Gasteiger partial charge in [0.1, 0.15) is 0 Å². The normalized spacial score (nSPS) is 11.8. The van der Waals surface area contributed by atoms with Crippen molar-refractivity contribution in [2.75, 3.05) is 6.61 Å². The number of hydrogen-bond acceptors (Lipinski definition) is 1. The van der Waals surface area contributed by atoms with E-state index in [1.54, 1.807) is 0 Å². The predicted octanol–water partition coefficient (Wildman–Crippen LogP) is 3.65. The van der Waals surface area contributed by atoms with Gasteiger partial charge in [0.25, 0.3) is 0 Å². The minimum Gasteiger partial charge on any atom is -0.396 e. The summed E-state index contributed by atoms with van der Waals surface area (Å²) in [5.74, 6) is 0. The van der Waals surface area contributed by atoms with Crippen LogP contribution in [0.15, 0.2) is 35.9 Å². The molecule has 0 aliphatic heterocycles. The Labute approximate surface area is 98.8 Å². The Balaban J connectivity index is 2.31.